The summed E-state index contributed by atoms with van der Waals surface area (Å²) < 4.78 is 7.06. The predicted octanol–water partition coefficient (Wildman–Crippen LogP) is 1.77. The normalized spacial score (nSPS) is 17.6. The molecule has 2 aromatic rings. The fourth-order valence-electron chi connectivity index (χ4n) is 2.68. The zero-order valence-electron chi connectivity index (χ0n) is 12.7. The Kier molecular flexibility index (Phi) is 4.48. The summed E-state index contributed by atoms with van der Waals surface area (Å²) >= 11 is 0. The van der Waals surface area contributed by atoms with Crippen LogP contribution in [0.25, 0.3) is 5.69 Å². The van der Waals surface area contributed by atoms with Gasteiger partial charge in [-0.2, -0.15) is 5.10 Å². The van der Waals surface area contributed by atoms with Gasteiger partial charge >= 0.3 is 0 Å². The number of ether oxygens (including phenoxy) is 1. The first kappa shape index (κ1) is 14.7. The van der Waals surface area contributed by atoms with Crippen molar-refractivity contribution < 1.29 is 9.53 Å². The van der Waals surface area contributed by atoms with E-state index in [2.05, 4.69) is 10.1 Å². The minimum absolute atomic E-state index is 0.0690. The van der Waals surface area contributed by atoms with Gasteiger partial charge in [0.05, 0.1) is 12.3 Å². The van der Waals surface area contributed by atoms with Crippen LogP contribution in [0.5, 0.6) is 0 Å². The molecule has 116 valence electrons. The van der Waals surface area contributed by atoms with Gasteiger partial charge in [-0.3, -0.25) is 4.79 Å². The molecule has 0 spiro atoms. The van der Waals surface area contributed by atoms with Crippen LogP contribution in [0.1, 0.15) is 23.7 Å². The van der Waals surface area contributed by atoms with Crippen molar-refractivity contribution in [3.63, 3.8) is 0 Å². The fourth-order valence-corrected chi connectivity index (χ4v) is 2.68. The maximum absolute atomic E-state index is 12.6. The summed E-state index contributed by atoms with van der Waals surface area (Å²) in [6.07, 6.45) is 4.16. The Morgan fingerprint density at radius 3 is 2.82 bits per heavy atom. The Hall–Kier alpha value is -2.21. The highest BCUT2D eigenvalue weighted by atomic mass is 16.5. The third-order valence-corrected chi connectivity index (χ3v) is 3.97. The van der Waals surface area contributed by atoms with Crippen LogP contribution in [0.3, 0.4) is 0 Å². The van der Waals surface area contributed by atoms with E-state index >= 15 is 0 Å². The van der Waals surface area contributed by atoms with Gasteiger partial charge in [0.25, 0.3) is 5.91 Å². The van der Waals surface area contributed by atoms with E-state index in [1.807, 2.05) is 36.1 Å². The molecule has 0 bridgehead atoms. The molecule has 3 rings (SSSR count). The smallest absolute Gasteiger partial charge is 0.253 e. The SMILES string of the molecule is CCN(C[C@H]1CCOC1)C(=O)c1ccc(-n2cncn2)cc1. The largest absolute Gasteiger partial charge is 0.381 e. The second-order valence-electron chi connectivity index (χ2n) is 5.46. The molecule has 1 aliphatic rings. The Morgan fingerprint density at radius 2 is 2.23 bits per heavy atom. The molecule has 1 fully saturated rings. The maximum atomic E-state index is 12.6. The van der Waals surface area contributed by atoms with Crippen molar-refractivity contribution in [2.75, 3.05) is 26.3 Å². The first-order valence-corrected chi connectivity index (χ1v) is 7.60. The van der Waals surface area contributed by atoms with Gasteiger partial charge in [-0.1, -0.05) is 0 Å². The van der Waals surface area contributed by atoms with Crippen LogP contribution in [-0.2, 0) is 4.74 Å². The molecular weight excluding hydrogens is 280 g/mol. The molecule has 1 aromatic carbocycles. The Morgan fingerprint density at radius 1 is 1.41 bits per heavy atom. The second kappa shape index (κ2) is 6.70. The molecule has 0 aliphatic carbocycles. The van der Waals surface area contributed by atoms with Gasteiger partial charge in [-0.25, -0.2) is 9.67 Å². The van der Waals surface area contributed by atoms with Gasteiger partial charge in [0.1, 0.15) is 12.7 Å². The molecular formula is C16H20N4O2. The molecule has 0 N–H and O–H groups in total. The van der Waals surface area contributed by atoms with Crippen molar-refractivity contribution in [2.24, 2.45) is 5.92 Å². The number of rotatable bonds is 5. The molecule has 0 unspecified atom stereocenters. The highest BCUT2D eigenvalue weighted by Crippen LogP contribution is 2.16. The van der Waals surface area contributed by atoms with Crippen molar-refractivity contribution in [3.8, 4) is 5.69 Å². The molecule has 6 heteroatoms. The molecule has 0 saturated carbocycles. The molecule has 1 amide bonds. The first-order chi connectivity index (χ1) is 10.8. The molecule has 0 radical (unpaired) electrons. The van der Waals surface area contributed by atoms with E-state index in [1.165, 1.54) is 6.33 Å². The zero-order chi connectivity index (χ0) is 15.4. The van der Waals surface area contributed by atoms with Gasteiger partial charge < -0.3 is 9.64 Å². The van der Waals surface area contributed by atoms with Crippen LogP contribution in [-0.4, -0.2) is 51.9 Å². The van der Waals surface area contributed by atoms with Crippen molar-refractivity contribution in [1.82, 2.24) is 19.7 Å². The number of carbonyl (C=O) groups is 1. The number of aromatic nitrogens is 3. The molecule has 1 atom stereocenters. The van der Waals surface area contributed by atoms with Crippen molar-refractivity contribution in [2.45, 2.75) is 13.3 Å². The lowest BCUT2D eigenvalue weighted by atomic mass is 10.1. The van der Waals surface area contributed by atoms with E-state index in [4.69, 9.17) is 4.74 Å². The van der Waals surface area contributed by atoms with Crippen LogP contribution >= 0.6 is 0 Å². The van der Waals surface area contributed by atoms with Crippen LogP contribution in [0, 0.1) is 5.92 Å². The van der Waals surface area contributed by atoms with Crippen molar-refractivity contribution in [3.05, 3.63) is 42.5 Å². The van der Waals surface area contributed by atoms with Crippen LogP contribution in [0.4, 0.5) is 0 Å². The molecule has 1 aromatic heterocycles. The highest BCUT2D eigenvalue weighted by Gasteiger charge is 2.22. The number of hydrogen-bond donors (Lipinski definition) is 0. The van der Waals surface area contributed by atoms with Crippen LogP contribution in [0.15, 0.2) is 36.9 Å². The van der Waals surface area contributed by atoms with E-state index < -0.39 is 0 Å². The summed E-state index contributed by atoms with van der Waals surface area (Å²) in [6.45, 7) is 5.05. The number of nitrogens with zero attached hydrogens (tertiary/aromatic N) is 4. The quantitative estimate of drug-likeness (QED) is 0.844. The zero-order valence-corrected chi connectivity index (χ0v) is 12.7. The number of benzene rings is 1. The van der Waals surface area contributed by atoms with Gasteiger partial charge in [0.15, 0.2) is 0 Å². The minimum atomic E-state index is 0.0690. The minimum Gasteiger partial charge on any atom is -0.381 e. The van der Waals surface area contributed by atoms with Gasteiger partial charge in [0.2, 0.25) is 0 Å². The monoisotopic (exact) mass is 300 g/mol. The molecule has 2 heterocycles. The summed E-state index contributed by atoms with van der Waals surface area (Å²) in [5.74, 6) is 0.526. The number of hydrogen-bond acceptors (Lipinski definition) is 4. The molecule has 1 aliphatic heterocycles. The number of carbonyl (C=O) groups excluding carboxylic acids is 1. The summed E-state index contributed by atoms with van der Waals surface area (Å²) in [7, 11) is 0. The molecule has 22 heavy (non-hydrogen) atoms. The Bertz CT molecular complexity index is 604. The summed E-state index contributed by atoms with van der Waals surface area (Å²) in [6, 6.07) is 7.45. The van der Waals surface area contributed by atoms with Crippen LogP contribution in [0.2, 0.25) is 0 Å². The first-order valence-electron chi connectivity index (χ1n) is 7.60. The third kappa shape index (κ3) is 3.17. The summed E-state index contributed by atoms with van der Waals surface area (Å²) in [4.78, 5) is 18.4. The van der Waals surface area contributed by atoms with E-state index in [0.717, 1.165) is 31.9 Å². The van der Waals surface area contributed by atoms with Gasteiger partial charge in [-0.05, 0) is 37.6 Å². The van der Waals surface area contributed by atoms with E-state index in [9.17, 15) is 4.79 Å². The maximum Gasteiger partial charge on any atom is 0.253 e. The lowest BCUT2D eigenvalue weighted by molar-refractivity contribution is 0.0731. The summed E-state index contributed by atoms with van der Waals surface area (Å²) in [5.41, 5.74) is 1.59. The van der Waals surface area contributed by atoms with E-state index in [0.29, 0.717) is 18.0 Å². The summed E-state index contributed by atoms with van der Waals surface area (Å²) in [5, 5.41) is 4.08. The van der Waals surface area contributed by atoms with Gasteiger partial charge in [0, 0.05) is 31.2 Å². The topological polar surface area (TPSA) is 60.2 Å². The molecule has 6 nitrogen and oxygen atoms in total. The standard InChI is InChI=1S/C16H20N4O2/c1-2-19(9-13-7-8-22-10-13)16(21)14-3-5-15(6-4-14)20-12-17-11-18-20/h3-6,11-13H,2,7-10H2,1H3/t13-/m1/s1. The number of amides is 1. The Balaban J connectivity index is 1.70. The predicted molar refractivity (Wildman–Crippen MR) is 81.9 cm³/mol. The Labute approximate surface area is 129 Å². The second-order valence-corrected chi connectivity index (χ2v) is 5.46. The lowest BCUT2D eigenvalue weighted by Gasteiger charge is -2.23. The van der Waals surface area contributed by atoms with E-state index in [1.54, 1.807) is 11.0 Å². The highest BCUT2D eigenvalue weighted by molar-refractivity contribution is 5.94. The average molecular weight is 300 g/mol. The lowest BCUT2D eigenvalue weighted by Crippen LogP contribution is -2.35. The van der Waals surface area contributed by atoms with Crippen LogP contribution < -0.4 is 0 Å². The van der Waals surface area contributed by atoms with Gasteiger partial charge in [-0.15, -0.1) is 0 Å². The van der Waals surface area contributed by atoms with Crippen molar-refractivity contribution >= 4 is 5.91 Å². The molecule has 1 saturated heterocycles. The van der Waals surface area contributed by atoms with Crippen molar-refractivity contribution in [1.29, 1.82) is 0 Å². The fraction of sp³-hybridized carbons (Fsp3) is 0.438. The third-order valence-electron chi connectivity index (χ3n) is 3.97. The van der Waals surface area contributed by atoms with E-state index in [-0.39, 0.29) is 5.91 Å². The average Bonchev–Trinajstić information content (AvgIpc) is 3.25.